The van der Waals surface area contributed by atoms with E-state index < -0.39 is 0 Å². The lowest BCUT2D eigenvalue weighted by molar-refractivity contribution is -0.0950. The quantitative estimate of drug-likeness (QED) is 0.735. The van der Waals surface area contributed by atoms with Gasteiger partial charge in [-0.1, -0.05) is 0 Å². The first-order valence-corrected chi connectivity index (χ1v) is 6.09. The predicted octanol–water partition coefficient (Wildman–Crippen LogP) is -0.659. The Kier molecular flexibility index (Phi) is 3.30. The molecule has 94 valence electrons. The van der Waals surface area contributed by atoms with E-state index in [2.05, 4.69) is 20.8 Å². The number of aromatic nitrogens is 4. The highest BCUT2D eigenvalue weighted by Gasteiger charge is 2.22. The van der Waals surface area contributed by atoms with Crippen LogP contribution in [0.4, 0.5) is 0 Å². The maximum Gasteiger partial charge on any atom is 0.165 e. The van der Waals surface area contributed by atoms with E-state index in [0.717, 1.165) is 12.4 Å². The van der Waals surface area contributed by atoms with Crippen molar-refractivity contribution in [2.75, 3.05) is 19.8 Å². The Morgan fingerprint density at radius 1 is 1.35 bits per heavy atom. The maximum atomic E-state index is 5.58. The molecule has 0 radical (unpaired) electrons. The van der Waals surface area contributed by atoms with Gasteiger partial charge in [0.2, 0.25) is 0 Å². The summed E-state index contributed by atoms with van der Waals surface area (Å²) in [5, 5.41) is 15.1. The summed E-state index contributed by atoms with van der Waals surface area (Å²) in [5.41, 5.74) is 0. The van der Waals surface area contributed by atoms with Crippen LogP contribution in [0.2, 0.25) is 0 Å². The molecule has 1 unspecified atom stereocenters. The maximum absolute atomic E-state index is 5.58. The second kappa shape index (κ2) is 5.07. The minimum atomic E-state index is 0.0620. The Morgan fingerprint density at radius 2 is 2.29 bits per heavy atom. The smallest absolute Gasteiger partial charge is 0.165 e. The average Bonchev–Trinajstić information content (AvgIpc) is 3.09. The lowest BCUT2D eigenvalue weighted by Crippen LogP contribution is -2.33. The average molecular weight is 239 g/mol. The largest absolute Gasteiger partial charge is 0.376 e. The summed E-state index contributed by atoms with van der Waals surface area (Å²) in [6, 6.07) is 0.661. The van der Waals surface area contributed by atoms with E-state index in [1.54, 1.807) is 4.68 Å². The summed E-state index contributed by atoms with van der Waals surface area (Å²) >= 11 is 0. The van der Waals surface area contributed by atoms with Crippen molar-refractivity contribution < 1.29 is 9.47 Å². The molecular formula is C10H17N5O2. The van der Waals surface area contributed by atoms with Gasteiger partial charge in [0.25, 0.3) is 0 Å². The van der Waals surface area contributed by atoms with Crippen LogP contribution in [0.5, 0.6) is 0 Å². The van der Waals surface area contributed by atoms with Crippen LogP contribution in [0.3, 0.4) is 0 Å². The summed E-state index contributed by atoms with van der Waals surface area (Å²) in [6.07, 6.45) is 2.59. The molecule has 0 amide bonds. The molecule has 0 aromatic carbocycles. The molecule has 7 nitrogen and oxygen atoms in total. The molecule has 17 heavy (non-hydrogen) atoms. The first-order valence-electron chi connectivity index (χ1n) is 6.09. The fourth-order valence-corrected chi connectivity index (χ4v) is 1.85. The lowest BCUT2D eigenvalue weighted by atomic mass is 10.3. The Hall–Kier alpha value is -1.05. The van der Waals surface area contributed by atoms with Crippen LogP contribution in [0.1, 0.15) is 18.7 Å². The van der Waals surface area contributed by atoms with Gasteiger partial charge in [-0.05, 0) is 23.3 Å². The molecule has 1 atom stereocenters. The molecule has 2 aliphatic rings. The third-order valence-corrected chi connectivity index (χ3v) is 2.99. The molecule has 1 N–H and O–H groups in total. The van der Waals surface area contributed by atoms with Crippen molar-refractivity contribution in [3.8, 4) is 0 Å². The minimum Gasteiger partial charge on any atom is -0.376 e. The van der Waals surface area contributed by atoms with E-state index in [0.29, 0.717) is 32.4 Å². The predicted molar refractivity (Wildman–Crippen MR) is 58.2 cm³/mol. The molecule has 2 fully saturated rings. The Balaban J connectivity index is 1.55. The van der Waals surface area contributed by atoms with Gasteiger partial charge in [0, 0.05) is 6.04 Å². The molecular weight excluding hydrogens is 222 g/mol. The van der Waals surface area contributed by atoms with Gasteiger partial charge in [-0.2, -0.15) is 0 Å². The van der Waals surface area contributed by atoms with E-state index in [9.17, 15) is 0 Å². The number of hydrogen-bond donors (Lipinski definition) is 1. The van der Waals surface area contributed by atoms with Crippen LogP contribution >= 0.6 is 0 Å². The number of nitrogens with one attached hydrogen (secondary N) is 1. The zero-order chi connectivity index (χ0) is 11.5. The first kappa shape index (κ1) is 11.1. The third-order valence-electron chi connectivity index (χ3n) is 2.99. The van der Waals surface area contributed by atoms with Crippen LogP contribution in [-0.4, -0.2) is 52.2 Å². The lowest BCUT2D eigenvalue weighted by Gasteiger charge is -2.22. The molecule has 0 spiro atoms. The first-order chi connectivity index (χ1) is 8.42. The monoisotopic (exact) mass is 239 g/mol. The molecule has 1 aromatic heterocycles. The minimum absolute atomic E-state index is 0.0620. The molecule has 1 aliphatic heterocycles. The van der Waals surface area contributed by atoms with Gasteiger partial charge in [-0.25, -0.2) is 4.68 Å². The van der Waals surface area contributed by atoms with Crippen molar-refractivity contribution in [1.29, 1.82) is 0 Å². The standard InChI is InChI=1S/C10H17N5O2/c1-2-8(1)11-5-10-12-13-14-15(10)6-9-7-16-3-4-17-9/h8-9,11H,1-7H2. The van der Waals surface area contributed by atoms with E-state index >= 15 is 0 Å². The van der Waals surface area contributed by atoms with Gasteiger partial charge >= 0.3 is 0 Å². The Bertz CT molecular complexity index is 359. The highest BCUT2D eigenvalue weighted by Crippen LogP contribution is 2.18. The molecule has 1 saturated heterocycles. The van der Waals surface area contributed by atoms with E-state index in [1.807, 2.05) is 0 Å². The van der Waals surface area contributed by atoms with Crippen molar-refractivity contribution >= 4 is 0 Å². The number of hydrogen-bond acceptors (Lipinski definition) is 6. The normalized spacial score (nSPS) is 25.1. The molecule has 1 saturated carbocycles. The second-order valence-electron chi connectivity index (χ2n) is 4.50. The number of tetrazole rings is 1. The summed E-state index contributed by atoms with van der Waals surface area (Å²) in [6.45, 7) is 3.35. The van der Waals surface area contributed by atoms with Crippen LogP contribution in [-0.2, 0) is 22.6 Å². The van der Waals surface area contributed by atoms with Gasteiger partial charge in [-0.3, -0.25) is 0 Å². The highest BCUT2D eigenvalue weighted by molar-refractivity contribution is 4.87. The van der Waals surface area contributed by atoms with E-state index in [1.165, 1.54) is 12.8 Å². The van der Waals surface area contributed by atoms with Crippen LogP contribution in [0.25, 0.3) is 0 Å². The summed E-state index contributed by atoms with van der Waals surface area (Å²) in [5.74, 6) is 0.867. The zero-order valence-electron chi connectivity index (χ0n) is 9.71. The number of rotatable bonds is 5. The van der Waals surface area contributed by atoms with Gasteiger partial charge in [0.1, 0.15) is 6.10 Å². The van der Waals surface area contributed by atoms with Gasteiger partial charge in [-0.15, -0.1) is 5.10 Å². The van der Waals surface area contributed by atoms with Crippen molar-refractivity contribution in [2.45, 2.75) is 38.1 Å². The molecule has 0 bridgehead atoms. The van der Waals surface area contributed by atoms with Crippen molar-refractivity contribution in [3.63, 3.8) is 0 Å². The number of ether oxygens (including phenoxy) is 2. The van der Waals surface area contributed by atoms with E-state index in [4.69, 9.17) is 9.47 Å². The molecule has 1 aliphatic carbocycles. The van der Waals surface area contributed by atoms with Crippen LogP contribution in [0.15, 0.2) is 0 Å². The molecule has 2 heterocycles. The van der Waals surface area contributed by atoms with Crippen LogP contribution < -0.4 is 5.32 Å². The molecule has 3 rings (SSSR count). The molecule has 1 aromatic rings. The zero-order valence-corrected chi connectivity index (χ0v) is 9.71. The molecule has 7 heteroatoms. The second-order valence-corrected chi connectivity index (χ2v) is 4.50. The Labute approximate surface area is 99.5 Å². The van der Waals surface area contributed by atoms with Gasteiger partial charge in [0.05, 0.1) is 32.9 Å². The van der Waals surface area contributed by atoms with Gasteiger partial charge in [0.15, 0.2) is 5.82 Å². The van der Waals surface area contributed by atoms with Crippen LogP contribution in [0, 0.1) is 0 Å². The third kappa shape index (κ3) is 2.99. The SMILES string of the molecule is C1COC(Cn2nnnc2CNC2CC2)CO1. The van der Waals surface area contributed by atoms with E-state index in [-0.39, 0.29) is 6.10 Å². The van der Waals surface area contributed by atoms with Crippen molar-refractivity contribution in [2.24, 2.45) is 0 Å². The highest BCUT2D eigenvalue weighted by atomic mass is 16.6. The van der Waals surface area contributed by atoms with Crippen molar-refractivity contribution in [1.82, 2.24) is 25.5 Å². The Morgan fingerprint density at radius 3 is 3.06 bits per heavy atom. The summed E-state index contributed by atoms with van der Waals surface area (Å²) in [7, 11) is 0. The fraction of sp³-hybridized carbons (Fsp3) is 0.900. The summed E-state index contributed by atoms with van der Waals surface area (Å²) < 4.78 is 12.7. The summed E-state index contributed by atoms with van der Waals surface area (Å²) in [4.78, 5) is 0. The van der Waals surface area contributed by atoms with Crippen molar-refractivity contribution in [3.05, 3.63) is 5.82 Å². The topological polar surface area (TPSA) is 74.1 Å². The van der Waals surface area contributed by atoms with Gasteiger partial charge < -0.3 is 14.8 Å². The fourth-order valence-electron chi connectivity index (χ4n) is 1.85. The number of nitrogens with zero attached hydrogens (tertiary/aromatic N) is 4.